The Morgan fingerprint density at radius 2 is 2.05 bits per heavy atom. The van der Waals surface area contributed by atoms with Crippen molar-refractivity contribution >= 4 is 5.78 Å². The minimum Gasteiger partial charge on any atom is -0.497 e. The van der Waals surface area contributed by atoms with E-state index in [1.165, 1.54) is 0 Å². The molecule has 0 saturated heterocycles. The maximum atomic E-state index is 12.6. The molecule has 0 aromatic heterocycles. The highest BCUT2D eigenvalue weighted by atomic mass is 16.5. The van der Waals surface area contributed by atoms with Gasteiger partial charge in [-0.2, -0.15) is 0 Å². The third kappa shape index (κ3) is 3.62. The number of hydrogen-bond acceptors (Lipinski definition) is 3. The molecule has 1 rings (SSSR count). The summed E-state index contributed by atoms with van der Waals surface area (Å²) < 4.78 is 5.73. The minimum absolute atomic E-state index is 0.113. The molecule has 0 spiro atoms. The van der Waals surface area contributed by atoms with Crippen LogP contribution in [0.25, 0.3) is 0 Å². The lowest BCUT2D eigenvalue weighted by atomic mass is 9.97. The number of allylic oxidation sites excluding steroid dienone is 3. The van der Waals surface area contributed by atoms with Gasteiger partial charge in [-0.25, -0.2) is 0 Å². The van der Waals surface area contributed by atoms with Gasteiger partial charge in [0.05, 0.1) is 12.2 Å². The SMILES string of the molecule is CC/C=C(\C1=C(OCC)CC(CCC)C1=O)N(C)C. The third-order valence-electron chi connectivity index (χ3n) is 3.42. The highest BCUT2D eigenvalue weighted by Crippen LogP contribution is 2.36. The van der Waals surface area contributed by atoms with Crippen LogP contribution in [0.2, 0.25) is 0 Å². The van der Waals surface area contributed by atoms with E-state index in [4.69, 9.17) is 4.74 Å². The van der Waals surface area contributed by atoms with E-state index in [1.807, 2.05) is 25.9 Å². The third-order valence-corrected chi connectivity index (χ3v) is 3.42. The summed E-state index contributed by atoms with van der Waals surface area (Å²) in [5.41, 5.74) is 1.82. The van der Waals surface area contributed by atoms with Gasteiger partial charge < -0.3 is 9.64 Å². The van der Waals surface area contributed by atoms with Crippen LogP contribution in [0.3, 0.4) is 0 Å². The Balaban J connectivity index is 3.12. The van der Waals surface area contributed by atoms with Crippen molar-refractivity contribution in [2.24, 2.45) is 5.92 Å². The first-order valence-corrected chi connectivity index (χ1v) is 7.34. The number of Topliss-reactive ketones (excluding diaryl/α,β-unsaturated/α-hetero) is 1. The number of carbonyl (C=O) groups is 1. The predicted octanol–water partition coefficient (Wildman–Crippen LogP) is 3.52. The molecule has 0 aromatic carbocycles. The summed E-state index contributed by atoms with van der Waals surface area (Å²) in [5.74, 6) is 1.26. The summed E-state index contributed by atoms with van der Waals surface area (Å²) in [5, 5.41) is 0. The van der Waals surface area contributed by atoms with Crippen LogP contribution in [0, 0.1) is 5.92 Å². The van der Waals surface area contributed by atoms with Crippen molar-refractivity contribution in [3.8, 4) is 0 Å². The van der Waals surface area contributed by atoms with Crippen molar-refractivity contribution in [1.82, 2.24) is 4.90 Å². The summed E-state index contributed by atoms with van der Waals surface area (Å²) >= 11 is 0. The van der Waals surface area contributed by atoms with Gasteiger partial charge in [-0.05, 0) is 19.8 Å². The molecule has 3 heteroatoms. The Morgan fingerprint density at radius 3 is 2.53 bits per heavy atom. The summed E-state index contributed by atoms with van der Waals surface area (Å²) in [6.45, 7) is 6.81. The van der Waals surface area contributed by atoms with Gasteiger partial charge in [0.2, 0.25) is 0 Å². The van der Waals surface area contributed by atoms with E-state index >= 15 is 0 Å². The number of ketones is 1. The molecule has 0 amide bonds. The van der Waals surface area contributed by atoms with Crippen molar-refractivity contribution < 1.29 is 9.53 Å². The average molecular weight is 265 g/mol. The van der Waals surface area contributed by atoms with Gasteiger partial charge in [-0.3, -0.25) is 4.79 Å². The zero-order valence-corrected chi connectivity index (χ0v) is 13.0. The van der Waals surface area contributed by atoms with Crippen LogP contribution in [0.5, 0.6) is 0 Å². The number of likely N-dealkylation sites (N-methyl/N-ethyl adjacent to an activating group) is 1. The van der Waals surface area contributed by atoms with Crippen molar-refractivity contribution in [3.63, 3.8) is 0 Å². The Labute approximate surface area is 117 Å². The van der Waals surface area contributed by atoms with Gasteiger partial charge in [0, 0.05) is 32.1 Å². The van der Waals surface area contributed by atoms with E-state index < -0.39 is 0 Å². The minimum atomic E-state index is 0.113. The lowest BCUT2D eigenvalue weighted by Gasteiger charge is -2.19. The molecule has 0 N–H and O–H groups in total. The Hall–Kier alpha value is -1.25. The molecule has 0 bridgehead atoms. The van der Waals surface area contributed by atoms with E-state index in [9.17, 15) is 4.79 Å². The fourth-order valence-corrected chi connectivity index (χ4v) is 2.62. The first kappa shape index (κ1) is 15.8. The maximum Gasteiger partial charge on any atom is 0.171 e. The molecule has 0 saturated carbocycles. The molecule has 3 nitrogen and oxygen atoms in total. The zero-order chi connectivity index (χ0) is 14.4. The molecule has 0 aromatic rings. The Bertz CT molecular complexity index is 380. The van der Waals surface area contributed by atoms with E-state index in [2.05, 4.69) is 19.9 Å². The summed E-state index contributed by atoms with van der Waals surface area (Å²) in [6, 6.07) is 0. The highest BCUT2D eigenvalue weighted by Gasteiger charge is 2.35. The van der Waals surface area contributed by atoms with Gasteiger partial charge in [-0.15, -0.1) is 0 Å². The quantitative estimate of drug-likeness (QED) is 0.705. The number of hydrogen-bond donors (Lipinski definition) is 0. The number of rotatable bonds is 7. The Morgan fingerprint density at radius 1 is 1.37 bits per heavy atom. The van der Waals surface area contributed by atoms with E-state index in [-0.39, 0.29) is 11.7 Å². The van der Waals surface area contributed by atoms with Gasteiger partial charge in [0.25, 0.3) is 0 Å². The zero-order valence-electron chi connectivity index (χ0n) is 13.0. The second kappa shape index (κ2) is 7.37. The summed E-state index contributed by atoms with van der Waals surface area (Å²) in [4.78, 5) is 14.6. The van der Waals surface area contributed by atoms with Gasteiger partial charge >= 0.3 is 0 Å². The lowest BCUT2D eigenvalue weighted by Crippen LogP contribution is -2.19. The largest absolute Gasteiger partial charge is 0.497 e. The topological polar surface area (TPSA) is 29.5 Å². The number of nitrogens with zero attached hydrogens (tertiary/aromatic N) is 1. The fraction of sp³-hybridized carbons (Fsp3) is 0.688. The molecule has 19 heavy (non-hydrogen) atoms. The molecule has 1 aliphatic carbocycles. The van der Waals surface area contributed by atoms with Gasteiger partial charge in [-0.1, -0.05) is 26.3 Å². The molecule has 0 radical (unpaired) electrons. The molecule has 1 unspecified atom stereocenters. The smallest absolute Gasteiger partial charge is 0.171 e. The lowest BCUT2D eigenvalue weighted by molar-refractivity contribution is -0.118. The first-order chi connectivity index (χ1) is 9.06. The maximum absolute atomic E-state index is 12.6. The summed E-state index contributed by atoms with van der Waals surface area (Å²) in [7, 11) is 3.97. The highest BCUT2D eigenvalue weighted by molar-refractivity contribution is 6.03. The number of carbonyl (C=O) groups excluding carboxylic acids is 1. The van der Waals surface area contributed by atoms with Crippen LogP contribution >= 0.6 is 0 Å². The fourth-order valence-electron chi connectivity index (χ4n) is 2.62. The van der Waals surface area contributed by atoms with Crippen LogP contribution in [0.4, 0.5) is 0 Å². The molecule has 0 heterocycles. The molecule has 0 fully saturated rings. The van der Waals surface area contributed by atoms with Crippen LogP contribution in [0.1, 0.15) is 46.5 Å². The van der Waals surface area contributed by atoms with Crippen molar-refractivity contribution in [3.05, 3.63) is 23.1 Å². The normalized spacial score (nSPS) is 20.2. The standard InChI is InChI=1S/C16H27NO2/c1-6-9-12-11-14(19-8-3)15(16(12)18)13(10-7-2)17(4)5/h10,12H,6-9,11H2,1-5H3/b13-10+. The number of ether oxygens (including phenoxy) is 1. The average Bonchev–Trinajstić information content (AvgIpc) is 2.64. The molecule has 1 aliphatic rings. The summed E-state index contributed by atoms with van der Waals surface area (Å²) in [6.07, 6.45) is 5.79. The van der Waals surface area contributed by atoms with Gasteiger partial charge in [0.1, 0.15) is 5.76 Å². The van der Waals surface area contributed by atoms with E-state index in [0.29, 0.717) is 6.61 Å². The van der Waals surface area contributed by atoms with Crippen LogP contribution in [0.15, 0.2) is 23.1 Å². The predicted molar refractivity (Wildman–Crippen MR) is 78.7 cm³/mol. The van der Waals surface area contributed by atoms with Crippen LogP contribution < -0.4 is 0 Å². The van der Waals surface area contributed by atoms with Crippen molar-refractivity contribution in [1.29, 1.82) is 0 Å². The van der Waals surface area contributed by atoms with Crippen molar-refractivity contribution in [2.75, 3.05) is 20.7 Å². The monoisotopic (exact) mass is 265 g/mol. The van der Waals surface area contributed by atoms with Crippen molar-refractivity contribution in [2.45, 2.75) is 46.5 Å². The Kier molecular flexibility index (Phi) is 6.13. The van der Waals surface area contributed by atoms with Gasteiger partial charge in [0.15, 0.2) is 5.78 Å². The molecular formula is C16H27NO2. The van der Waals surface area contributed by atoms with E-state index in [1.54, 1.807) is 0 Å². The second-order valence-electron chi connectivity index (χ2n) is 5.18. The molecular weight excluding hydrogens is 238 g/mol. The first-order valence-electron chi connectivity index (χ1n) is 7.34. The van der Waals surface area contributed by atoms with Crippen LogP contribution in [-0.2, 0) is 9.53 Å². The van der Waals surface area contributed by atoms with E-state index in [0.717, 1.165) is 42.7 Å². The molecule has 1 atom stereocenters. The second-order valence-corrected chi connectivity index (χ2v) is 5.18. The van der Waals surface area contributed by atoms with Crippen LogP contribution in [-0.4, -0.2) is 31.4 Å². The molecule has 0 aliphatic heterocycles. The molecule has 108 valence electrons.